The molecule has 0 bridgehead atoms. The highest BCUT2D eigenvalue weighted by Gasteiger charge is 2.30. The van der Waals surface area contributed by atoms with E-state index in [4.69, 9.17) is 4.74 Å². The average Bonchev–Trinajstić information content (AvgIpc) is 3.22. The Morgan fingerprint density at radius 1 is 1.24 bits per heavy atom. The molecule has 0 unspecified atom stereocenters. The Hall–Kier alpha value is -3.24. The highest BCUT2D eigenvalue weighted by molar-refractivity contribution is 5.59. The Kier molecular flexibility index (Phi) is 5.66. The molecule has 29 heavy (non-hydrogen) atoms. The SMILES string of the molecule is C=Cc1c(C(F)F)nn(C)c1OCc1cccnc1-c1ccnn1CC(F)(F)F. The maximum atomic E-state index is 13.1. The first-order valence-electron chi connectivity index (χ1n) is 8.34. The van der Waals surface area contributed by atoms with Crippen LogP contribution in [0, 0.1) is 0 Å². The zero-order valence-electron chi connectivity index (χ0n) is 15.2. The molecule has 0 radical (unpaired) electrons. The number of alkyl halides is 5. The van der Waals surface area contributed by atoms with Gasteiger partial charge >= 0.3 is 6.18 Å². The molecule has 0 aromatic carbocycles. The minimum Gasteiger partial charge on any atom is -0.472 e. The molecule has 3 heterocycles. The summed E-state index contributed by atoms with van der Waals surface area (Å²) in [5.41, 5.74) is 0.433. The van der Waals surface area contributed by atoms with Crippen molar-refractivity contribution >= 4 is 6.08 Å². The molecule has 0 aliphatic heterocycles. The quantitative estimate of drug-likeness (QED) is 0.539. The molecule has 0 aliphatic rings. The van der Waals surface area contributed by atoms with Crippen LogP contribution in [0.4, 0.5) is 22.0 Å². The van der Waals surface area contributed by atoms with Crippen molar-refractivity contribution in [1.82, 2.24) is 24.5 Å². The van der Waals surface area contributed by atoms with Gasteiger partial charge in [0, 0.05) is 25.0 Å². The fraction of sp³-hybridized carbons (Fsp3) is 0.278. The molecule has 0 saturated carbocycles. The highest BCUT2D eigenvalue weighted by Crippen LogP contribution is 2.31. The van der Waals surface area contributed by atoms with Crippen LogP contribution >= 0.6 is 0 Å². The molecule has 0 saturated heterocycles. The van der Waals surface area contributed by atoms with Crippen LogP contribution in [0.1, 0.15) is 23.2 Å². The van der Waals surface area contributed by atoms with E-state index in [1.54, 1.807) is 12.1 Å². The number of ether oxygens (including phenoxy) is 1. The van der Waals surface area contributed by atoms with Crippen molar-refractivity contribution in [1.29, 1.82) is 0 Å². The summed E-state index contributed by atoms with van der Waals surface area (Å²) >= 11 is 0. The summed E-state index contributed by atoms with van der Waals surface area (Å²) in [7, 11) is 1.44. The largest absolute Gasteiger partial charge is 0.472 e. The van der Waals surface area contributed by atoms with Gasteiger partial charge in [-0.1, -0.05) is 18.7 Å². The zero-order valence-corrected chi connectivity index (χ0v) is 15.2. The van der Waals surface area contributed by atoms with Crippen molar-refractivity contribution in [2.45, 2.75) is 25.8 Å². The average molecular weight is 413 g/mol. The van der Waals surface area contributed by atoms with Crippen molar-refractivity contribution in [3.8, 4) is 17.3 Å². The number of hydrogen-bond donors (Lipinski definition) is 0. The monoisotopic (exact) mass is 413 g/mol. The third kappa shape index (κ3) is 4.44. The van der Waals surface area contributed by atoms with E-state index in [2.05, 4.69) is 21.8 Å². The molecule has 6 nitrogen and oxygen atoms in total. The van der Waals surface area contributed by atoms with Gasteiger partial charge in [0.2, 0.25) is 5.88 Å². The Morgan fingerprint density at radius 3 is 2.66 bits per heavy atom. The van der Waals surface area contributed by atoms with Gasteiger partial charge in [-0.15, -0.1) is 0 Å². The fourth-order valence-corrected chi connectivity index (χ4v) is 2.83. The molecule has 0 fully saturated rings. The van der Waals surface area contributed by atoms with Crippen LogP contribution in [0.2, 0.25) is 0 Å². The number of hydrogen-bond acceptors (Lipinski definition) is 4. The molecule has 3 aromatic heterocycles. The third-order valence-corrected chi connectivity index (χ3v) is 4.01. The van der Waals surface area contributed by atoms with Crippen LogP contribution in [-0.2, 0) is 20.2 Å². The zero-order chi connectivity index (χ0) is 21.2. The number of aromatic nitrogens is 5. The predicted molar refractivity (Wildman–Crippen MR) is 94.1 cm³/mol. The van der Waals surface area contributed by atoms with Crippen LogP contribution in [-0.4, -0.2) is 30.7 Å². The van der Waals surface area contributed by atoms with Gasteiger partial charge in [0.1, 0.15) is 18.8 Å². The summed E-state index contributed by atoms with van der Waals surface area (Å²) in [6.45, 7) is 2.10. The van der Waals surface area contributed by atoms with E-state index in [9.17, 15) is 22.0 Å². The van der Waals surface area contributed by atoms with E-state index in [0.717, 1.165) is 9.36 Å². The Labute approximate surface area is 162 Å². The van der Waals surface area contributed by atoms with Crippen molar-refractivity contribution < 1.29 is 26.7 Å². The van der Waals surface area contributed by atoms with E-state index in [1.807, 2.05) is 0 Å². The highest BCUT2D eigenvalue weighted by atomic mass is 19.4. The molecule has 0 spiro atoms. The first kappa shape index (κ1) is 20.5. The minimum absolute atomic E-state index is 0.0510. The molecule has 154 valence electrons. The van der Waals surface area contributed by atoms with Crippen molar-refractivity contribution in [3.63, 3.8) is 0 Å². The summed E-state index contributed by atoms with van der Waals surface area (Å²) < 4.78 is 72.2. The standard InChI is InChI=1S/C18H16F5N5O/c1-3-12-15(16(19)20)26-27(2)17(12)29-9-11-5-4-7-24-14(11)13-6-8-25-28(13)10-18(21,22)23/h3-8,16H,1,9-10H2,2H3. The van der Waals surface area contributed by atoms with E-state index in [-0.39, 0.29) is 29.4 Å². The molecule has 0 aliphatic carbocycles. The van der Waals surface area contributed by atoms with E-state index in [0.29, 0.717) is 5.56 Å². The number of aryl methyl sites for hydroxylation is 1. The number of pyridine rings is 1. The number of rotatable bonds is 7. The summed E-state index contributed by atoms with van der Waals surface area (Å²) in [5.74, 6) is 0.0638. The van der Waals surface area contributed by atoms with E-state index < -0.39 is 24.8 Å². The van der Waals surface area contributed by atoms with Crippen molar-refractivity contribution in [2.24, 2.45) is 7.05 Å². The van der Waals surface area contributed by atoms with Crippen molar-refractivity contribution in [3.05, 3.63) is 54.0 Å². The van der Waals surface area contributed by atoms with Crippen LogP contribution in [0.15, 0.2) is 37.2 Å². The molecular weight excluding hydrogens is 397 g/mol. The second-order valence-corrected chi connectivity index (χ2v) is 6.02. The van der Waals surface area contributed by atoms with Crippen molar-refractivity contribution in [2.75, 3.05) is 0 Å². The maximum absolute atomic E-state index is 13.1. The first-order chi connectivity index (χ1) is 13.7. The van der Waals surface area contributed by atoms with Gasteiger partial charge < -0.3 is 4.74 Å². The lowest BCUT2D eigenvalue weighted by molar-refractivity contribution is -0.142. The smallest absolute Gasteiger partial charge is 0.408 e. The van der Waals surface area contributed by atoms with Gasteiger partial charge in [0.25, 0.3) is 6.43 Å². The molecule has 0 atom stereocenters. The maximum Gasteiger partial charge on any atom is 0.408 e. The van der Waals surface area contributed by atoms with Gasteiger partial charge in [0.15, 0.2) is 0 Å². The second-order valence-electron chi connectivity index (χ2n) is 6.02. The molecule has 3 rings (SSSR count). The lowest BCUT2D eigenvalue weighted by Crippen LogP contribution is -2.19. The summed E-state index contributed by atoms with van der Waals surface area (Å²) in [5, 5.41) is 7.44. The third-order valence-electron chi connectivity index (χ3n) is 4.01. The predicted octanol–water partition coefficient (Wildman–Crippen LogP) is 4.40. The Bertz CT molecular complexity index is 1010. The molecular formula is C18H16F5N5O. The van der Waals surface area contributed by atoms with E-state index >= 15 is 0 Å². The van der Waals surface area contributed by atoms with Crippen LogP contribution in [0.3, 0.4) is 0 Å². The lowest BCUT2D eigenvalue weighted by atomic mass is 10.1. The second kappa shape index (κ2) is 8.02. The van der Waals surface area contributed by atoms with E-state index in [1.165, 1.54) is 31.6 Å². The molecule has 3 aromatic rings. The number of nitrogens with zero attached hydrogens (tertiary/aromatic N) is 5. The summed E-state index contributed by atoms with van der Waals surface area (Å²) in [6.07, 6.45) is -3.38. The topological polar surface area (TPSA) is 57.8 Å². The normalized spacial score (nSPS) is 11.8. The number of halogens is 5. The Balaban J connectivity index is 1.91. The van der Waals surface area contributed by atoms with Gasteiger partial charge in [-0.2, -0.15) is 23.4 Å². The fourth-order valence-electron chi connectivity index (χ4n) is 2.83. The van der Waals surface area contributed by atoms with Gasteiger partial charge in [-0.05, 0) is 12.1 Å². The van der Waals surface area contributed by atoms with Gasteiger partial charge in [-0.25, -0.2) is 13.5 Å². The van der Waals surface area contributed by atoms with Gasteiger partial charge in [-0.3, -0.25) is 9.67 Å². The molecule has 11 heteroatoms. The van der Waals surface area contributed by atoms with Gasteiger partial charge in [0.05, 0.1) is 17.0 Å². The Morgan fingerprint density at radius 2 is 2.00 bits per heavy atom. The lowest BCUT2D eigenvalue weighted by Gasteiger charge is -2.13. The summed E-state index contributed by atoms with van der Waals surface area (Å²) in [6, 6.07) is 4.62. The van der Waals surface area contributed by atoms with Crippen LogP contribution in [0.25, 0.3) is 17.5 Å². The first-order valence-corrected chi connectivity index (χ1v) is 8.34. The molecule has 0 N–H and O–H groups in total. The minimum atomic E-state index is -4.45. The van der Waals surface area contributed by atoms with Crippen LogP contribution < -0.4 is 4.74 Å². The summed E-state index contributed by atoms with van der Waals surface area (Å²) in [4.78, 5) is 4.15. The van der Waals surface area contributed by atoms with Crippen LogP contribution in [0.5, 0.6) is 5.88 Å². The molecule has 0 amide bonds.